The number of hydrazone groups is 1. The molecule has 1 aromatic heterocycles. The third-order valence-corrected chi connectivity index (χ3v) is 6.27. The molecule has 10 heteroatoms. The van der Waals surface area contributed by atoms with Gasteiger partial charge < -0.3 is 4.57 Å². The van der Waals surface area contributed by atoms with Gasteiger partial charge in [0.2, 0.25) is 5.96 Å². The van der Waals surface area contributed by atoms with Gasteiger partial charge in [-0.05, 0) is 23.3 Å². The number of benzene rings is 2. The Bertz CT molecular complexity index is 1080. The molecular weight excluding hydrogens is 462 g/mol. The predicted molar refractivity (Wildman–Crippen MR) is 135 cm³/mol. The summed E-state index contributed by atoms with van der Waals surface area (Å²) in [5.41, 5.74) is 3.23. The van der Waals surface area contributed by atoms with Crippen LogP contribution in [0.15, 0.2) is 82.2 Å². The number of nitrogens with two attached hydrogens (primary N) is 1. The normalized spacial score (nSPS) is 16.3. The summed E-state index contributed by atoms with van der Waals surface area (Å²) in [4.78, 5) is 9.10. The topological polar surface area (TPSA) is 83.8 Å². The molecule has 3 aromatic rings. The van der Waals surface area contributed by atoms with Crippen LogP contribution in [-0.2, 0) is 7.05 Å². The molecule has 2 aromatic carbocycles. The maximum atomic E-state index is 6.12. The monoisotopic (exact) mass is 485 g/mol. The van der Waals surface area contributed by atoms with Crippen molar-refractivity contribution in [2.75, 3.05) is 18.8 Å². The van der Waals surface area contributed by atoms with Crippen LogP contribution < -0.4 is 9.86 Å². The van der Waals surface area contributed by atoms with E-state index in [1.54, 1.807) is 6.33 Å². The maximum Gasteiger partial charge on any atom is 0.225 e. The number of hydrogen-bond donors (Lipinski definition) is 2. The van der Waals surface area contributed by atoms with Crippen LogP contribution in [0.2, 0.25) is 5.02 Å². The van der Waals surface area contributed by atoms with E-state index in [9.17, 15) is 0 Å². The second-order valence-corrected chi connectivity index (χ2v) is 9.20. The number of aliphatic imine (C=N–C) groups is 1. The Morgan fingerprint density at radius 1 is 1.22 bits per heavy atom. The van der Waals surface area contributed by atoms with Crippen molar-refractivity contribution in [3.05, 3.63) is 83.3 Å². The van der Waals surface area contributed by atoms with Crippen LogP contribution in [-0.4, -0.2) is 45.1 Å². The molecule has 1 aliphatic heterocycles. The molecule has 0 radical (unpaired) electrons. The molecule has 7 nitrogen and oxygen atoms in total. The molecule has 0 amide bonds. The summed E-state index contributed by atoms with van der Waals surface area (Å²) in [5, 5.41) is 14.1. The van der Waals surface area contributed by atoms with E-state index in [0.29, 0.717) is 24.1 Å². The van der Waals surface area contributed by atoms with Crippen molar-refractivity contribution in [2.24, 2.45) is 22.3 Å². The summed E-state index contributed by atoms with van der Waals surface area (Å²) < 4.78 is 5.25. The molecule has 2 heterocycles. The lowest BCUT2D eigenvalue weighted by Gasteiger charge is -2.19. The van der Waals surface area contributed by atoms with Gasteiger partial charge in [0.15, 0.2) is 0 Å². The van der Waals surface area contributed by atoms with E-state index in [2.05, 4.69) is 34.0 Å². The standard InChI is InChI=1S/C22H24ClN7S2/c1-29-14-20(26-15-29)32-28-22(25-11-12-31-24)30-13-19(16-5-3-2-4-6-16)21(27-30)17-7-9-18(23)10-8-17/h2-10,14-15,19H,11-13,24H2,1H3,(H,25,28). The fraction of sp³-hybridized carbons (Fsp3) is 0.227. The zero-order valence-electron chi connectivity index (χ0n) is 17.6. The quantitative estimate of drug-likeness (QED) is 0.226. The van der Waals surface area contributed by atoms with Gasteiger partial charge in [0.1, 0.15) is 5.03 Å². The lowest BCUT2D eigenvalue weighted by Crippen LogP contribution is -2.34. The Labute approximate surface area is 201 Å². The number of nitrogens with one attached hydrogen (secondary N) is 1. The number of aromatic nitrogens is 2. The third kappa shape index (κ3) is 5.66. The first kappa shape index (κ1) is 22.7. The molecule has 1 unspecified atom stereocenters. The van der Waals surface area contributed by atoms with Crippen LogP contribution in [0.25, 0.3) is 0 Å². The Morgan fingerprint density at radius 2 is 2.00 bits per heavy atom. The molecule has 166 valence electrons. The summed E-state index contributed by atoms with van der Waals surface area (Å²) in [6.45, 7) is 1.26. The molecule has 0 aliphatic carbocycles. The highest BCUT2D eigenvalue weighted by molar-refractivity contribution is 7.97. The van der Waals surface area contributed by atoms with Gasteiger partial charge in [0.25, 0.3) is 0 Å². The van der Waals surface area contributed by atoms with E-state index in [1.165, 1.54) is 29.5 Å². The van der Waals surface area contributed by atoms with Crippen molar-refractivity contribution in [1.29, 1.82) is 0 Å². The highest BCUT2D eigenvalue weighted by Gasteiger charge is 2.31. The maximum absolute atomic E-state index is 6.12. The van der Waals surface area contributed by atoms with Gasteiger partial charge in [-0.3, -0.25) is 9.86 Å². The van der Waals surface area contributed by atoms with E-state index in [4.69, 9.17) is 26.8 Å². The number of hydrogen-bond acceptors (Lipinski definition) is 6. The fourth-order valence-electron chi connectivity index (χ4n) is 3.37. The van der Waals surface area contributed by atoms with Crippen LogP contribution in [0, 0.1) is 0 Å². The van der Waals surface area contributed by atoms with Crippen molar-refractivity contribution >= 4 is 47.2 Å². The second kappa shape index (κ2) is 10.9. The minimum Gasteiger partial charge on any atom is -0.339 e. The van der Waals surface area contributed by atoms with E-state index in [0.717, 1.165) is 22.1 Å². The molecule has 0 fully saturated rings. The SMILES string of the molecule is Cn1cnc(SNC(=NCCSN)N2CC(c3ccccc3)C(c3ccc(Cl)cc3)=N2)c1. The Balaban J connectivity index is 1.63. The van der Waals surface area contributed by atoms with Crippen molar-refractivity contribution in [1.82, 2.24) is 19.3 Å². The van der Waals surface area contributed by atoms with Gasteiger partial charge in [0.05, 0.1) is 25.1 Å². The van der Waals surface area contributed by atoms with Gasteiger partial charge in [0, 0.05) is 41.9 Å². The van der Waals surface area contributed by atoms with E-state index in [1.807, 2.05) is 53.2 Å². The molecular formula is C22H24ClN7S2. The molecule has 1 atom stereocenters. The van der Waals surface area contributed by atoms with Gasteiger partial charge in [-0.1, -0.05) is 66.0 Å². The number of rotatable bonds is 7. The second-order valence-electron chi connectivity index (χ2n) is 7.20. The Morgan fingerprint density at radius 3 is 2.69 bits per heavy atom. The van der Waals surface area contributed by atoms with E-state index < -0.39 is 0 Å². The summed E-state index contributed by atoms with van der Waals surface area (Å²) in [7, 11) is 1.94. The Kier molecular flexibility index (Phi) is 7.75. The summed E-state index contributed by atoms with van der Waals surface area (Å²) in [6.07, 6.45) is 3.72. The van der Waals surface area contributed by atoms with Crippen molar-refractivity contribution in [2.45, 2.75) is 10.9 Å². The Hall–Kier alpha value is -2.46. The summed E-state index contributed by atoms with van der Waals surface area (Å²) in [6, 6.07) is 18.2. The third-order valence-electron chi connectivity index (χ3n) is 4.90. The summed E-state index contributed by atoms with van der Waals surface area (Å²) in [5.74, 6) is 1.51. The lowest BCUT2D eigenvalue weighted by atomic mass is 9.91. The summed E-state index contributed by atoms with van der Waals surface area (Å²) >= 11 is 8.81. The minimum absolute atomic E-state index is 0.105. The highest BCUT2D eigenvalue weighted by atomic mass is 35.5. The fourth-order valence-corrected chi connectivity index (χ4v) is 4.38. The smallest absolute Gasteiger partial charge is 0.225 e. The molecule has 0 saturated carbocycles. The number of guanidine groups is 1. The molecule has 4 rings (SSSR count). The lowest BCUT2D eigenvalue weighted by molar-refractivity contribution is 0.464. The zero-order chi connectivity index (χ0) is 22.3. The average molecular weight is 486 g/mol. The molecule has 0 spiro atoms. The predicted octanol–water partition coefficient (Wildman–Crippen LogP) is 4.14. The number of nitrogens with zero attached hydrogens (tertiary/aromatic N) is 5. The van der Waals surface area contributed by atoms with Crippen LogP contribution >= 0.6 is 35.5 Å². The average Bonchev–Trinajstić information content (AvgIpc) is 3.44. The number of imidazole rings is 1. The van der Waals surface area contributed by atoms with Gasteiger partial charge in [-0.15, -0.1) is 0 Å². The molecule has 1 aliphatic rings. The van der Waals surface area contributed by atoms with Gasteiger partial charge in [-0.25, -0.2) is 15.0 Å². The van der Waals surface area contributed by atoms with E-state index in [-0.39, 0.29) is 5.92 Å². The minimum atomic E-state index is 0.105. The molecule has 3 N–H and O–H groups in total. The van der Waals surface area contributed by atoms with Crippen molar-refractivity contribution in [3.8, 4) is 0 Å². The van der Waals surface area contributed by atoms with E-state index >= 15 is 0 Å². The van der Waals surface area contributed by atoms with Crippen LogP contribution in [0.5, 0.6) is 0 Å². The first-order valence-corrected chi connectivity index (χ1v) is 12.3. The molecule has 0 saturated heterocycles. The van der Waals surface area contributed by atoms with Gasteiger partial charge >= 0.3 is 0 Å². The van der Waals surface area contributed by atoms with Crippen LogP contribution in [0.1, 0.15) is 17.0 Å². The largest absolute Gasteiger partial charge is 0.339 e. The molecule has 32 heavy (non-hydrogen) atoms. The number of halogens is 1. The zero-order valence-corrected chi connectivity index (χ0v) is 19.9. The van der Waals surface area contributed by atoms with Gasteiger partial charge in [-0.2, -0.15) is 5.10 Å². The van der Waals surface area contributed by atoms with Crippen LogP contribution in [0.3, 0.4) is 0 Å². The number of aryl methyl sites for hydroxylation is 1. The van der Waals surface area contributed by atoms with Crippen molar-refractivity contribution in [3.63, 3.8) is 0 Å². The first-order valence-electron chi connectivity index (χ1n) is 10.1. The van der Waals surface area contributed by atoms with Crippen LogP contribution in [0.4, 0.5) is 0 Å². The first-order chi connectivity index (χ1) is 15.6. The highest BCUT2D eigenvalue weighted by Crippen LogP contribution is 2.29. The molecule has 0 bridgehead atoms. The van der Waals surface area contributed by atoms with Crippen molar-refractivity contribution < 1.29 is 0 Å².